The zero-order chi connectivity index (χ0) is 19.9. The molecule has 0 radical (unpaired) electrons. The van der Waals surface area contributed by atoms with E-state index in [1.807, 2.05) is 31.2 Å². The van der Waals surface area contributed by atoms with Crippen LogP contribution in [0.5, 0.6) is 5.75 Å². The van der Waals surface area contributed by atoms with Crippen molar-refractivity contribution in [3.05, 3.63) is 65.2 Å². The van der Waals surface area contributed by atoms with Gasteiger partial charge in [0.25, 0.3) is 5.91 Å². The van der Waals surface area contributed by atoms with Gasteiger partial charge in [-0.15, -0.1) is 13.2 Å². The molecule has 146 valence electrons. The number of para-hydroxylation sites is 1. The summed E-state index contributed by atoms with van der Waals surface area (Å²) in [6.45, 7) is 2.54. The summed E-state index contributed by atoms with van der Waals surface area (Å²) in [5.74, 6) is -1.16. The maximum atomic E-state index is 12.9. The van der Waals surface area contributed by atoms with E-state index in [1.165, 1.54) is 23.1 Å². The normalized spacial score (nSPS) is 21.1. The van der Waals surface area contributed by atoms with Crippen molar-refractivity contribution in [2.24, 2.45) is 11.1 Å². The predicted octanol–water partition coefficient (Wildman–Crippen LogP) is 3.77. The number of rotatable bonds is 3. The molecule has 2 aliphatic heterocycles. The number of aryl methyl sites for hydroxylation is 1. The van der Waals surface area contributed by atoms with E-state index in [0.29, 0.717) is 6.54 Å². The van der Waals surface area contributed by atoms with Crippen LogP contribution in [-0.4, -0.2) is 42.1 Å². The highest BCUT2D eigenvalue weighted by molar-refractivity contribution is 6.05. The number of alkyl halides is 3. The van der Waals surface area contributed by atoms with Gasteiger partial charge in [0.2, 0.25) is 0 Å². The topological polar surface area (TPSA) is 51.1 Å². The molecule has 5 nitrogen and oxygen atoms in total. The molecule has 8 heteroatoms. The van der Waals surface area contributed by atoms with Gasteiger partial charge in [-0.05, 0) is 24.6 Å². The van der Waals surface area contributed by atoms with Crippen LogP contribution in [0.15, 0.2) is 53.7 Å². The lowest BCUT2D eigenvalue weighted by Gasteiger charge is -2.19. The van der Waals surface area contributed by atoms with E-state index < -0.39 is 18.0 Å². The average Bonchev–Trinajstić information content (AvgIpc) is 3.22. The molecule has 1 amide bonds. The Balaban J connectivity index is 1.55. The third kappa shape index (κ3) is 3.42. The number of amides is 1. The minimum Gasteiger partial charge on any atom is -0.405 e. The minimum atomic E-state index is -4.87. The van der Waals surface area contributed by atoms with Crippen LogP contribution >= 0.6 is 0 Å². The third-order valence-corrected chi connectivity index (χ3v) is 4.96. The summed E-state index contributed by atoms with van der Waals surface area (Å²) < 4.78 is 41.9. The second kappa shape index (κ2) is 6.85. The van der Waals surface area contributed by atoms with Crippen molar-refractivity contribution in [2.45, 2.75) is 19.4 Å². The van der Waals surface area contributed by atoms with Crippen LogP contribution in [0.4, 0.5) is 13.2 Å². The average molecular weight is 390 g/mol. The van der Waals surface area contributed by atoms with Crippen molar-refractivity contribution in [3.63, 3.8) is 0 Å². The Labute approximate surface area is 159 Å². The van der Waals surface area contributed by atoms with Crippen molar-refractivity contribution < 1.29 is 27.5 Å². The number of halogens is 3. The molecule has 2 unspecified atom stereocenters. The Morgan fingerprint density at radius 3 is 2.61 bits per heavy atom. The zero-order valence-electron chi connectivity index (χ0n) is 14.9. The SMILES string of the molecule is Cc1ccccc1C1=NOC2CN(C(=O)c3ccccc3OC(F)(F)F)CC12. The Morgan fingerprint density at radius 2 is 1.86 bits per heavy atom. The van der Waals surface area contributed by atoms with Crippen LogP contribution in [0.25, 0.3) is 0 Å². The standard InChI is InChI=1S/C20H17F3N2O3/c1-12-6-2-3-7-13(12)18-15-10-25(11-17(15)28-24-18)19(26)14-8-4-5-9-16(14)27-20(21,22)23/h2-9,15,17H,10-11H2,1H3. The molecular weight excluding hydrogens is 373 g/mol. The zero-order valence-corrected chi connectivity index (χ0v) is 14.9. The molecule has 1 fully saturated rings. The second-order valence-electron chi connectivity index (χ2n) is 6.80. The van der Waals surface area contributed by atoms with E-state index in [1.54, 1.807) is 0 Å². The molecule has 2 heterocycles. The van der Waals surface area contributed by atoms with Gasteiger partial charge >= 0.3 is 6.36 Å². The van der Waals surface area contributed by atoms with E-state index in [9.17, 15) is 18.0 Å². The Bertz CT molecular complexity index is 942. The predicted molar refractivity (Wildman–Crippen MR) is 95.1 cm³/mol. The summed E-state index contributed by atoms with van der Waals surface area (Å²) in [6, 6.07) is 13.1. The monoisotopic (exact) mass is 390 g/mol. The van der Waals surface area contributed by atoms with Crippen LogP contribution in [0.1, 0.15) is 21.5 Å². The summed E-state index contributed by atoms with van der Waals surface area (Å²) >= 11 is 0. The van der Waals surface area contributed by atoms with Gasteiger partial charge < -0.3 is 14.5 Å². The van der Waals surface area contributed by atoms with Gasteiger partial charge in [-0.1, -0.05) is 41.6 Å². The number of ether oxygens (including phenoxy) is 1. The van der Waals surface area contributed by atoms with Gasteiger partial charge in [0.1, 0.15) is 5.75 Å². The van der Waals surface area contributed by atoms with E-state index in [0.717, 1.165) is 22.9 Å². The van der Waals surface area contributed by atoms with Gasteiger partial charge in [0.05, 0.1) is 23.7 Å². The molecule has 0 aromatic heterocycles. The van der Waals surface area contributed by atoms with Crippen molar-refractivity contribution in [1.82, 2.24) is 4.90 Å². The number of benzene rings is 2. The molecule has 0 saturated carbocycles. The van der Waals surface area contributed by atoms with Crippen molar-refractivity contribution >= 4 is 11.6 Å². The fourth-order valence-corrected chi connectivity index (χ4v) is 3.64. The molecule has 1 saturated heterocycles. The molecule has 2 atom stereocenters. The minimum absolute atomic E-state index is 0.124. The van der Waals surface area contributed by atoms with Crippen molar-refractivity contribution in [2.75, 3.05) is 13.1 Å². The number of carbonyl (C=O) groups excluding carboxylic acids is 1. The van der Waals surface area contributed by atoms with Crippen LogP contribution in [0.3, 0.4) is 0 Å². The first-order valence-corrected chi connectivity index (χ1v) is 8.77. The fourth-order valence-electron chi connectivity index (χ4n) is 3.64. The number of oxime groups is 1. The Kier molecular flexibility index (Phi) is 4.49. The number of hydrogen-bond acceptors (Lipinski definition) is 4. The summed E-state index contributed by atoms with van der Waals surface area (Å²) in [5, 5.41) is 4.19. The van der Waals surface area contributed by atoms with E-state index in [-0.39, 0.29) is 24.1 Å². The Hall–Kier alpha value is -3.03. The van der Waals surface area contributed by atoms with Gasteiger partial charge in [-0.25, -0.2) is 0 Å². The summed E-state index contributed by atoms with van der Waals surface area (Å²) in [4.78, 5) is 19.9. The summed E-state index contributed by atoms with van der Waals surface area (Å²) in [7, 11) is 0. The van der Waals surface area contributed by atoms with Crippen molar-refractivity contribution in [3.8, 4) is 5.75 Å². The molecule has 2 aromatic rings. The maximum Gasteiger partial charge on any atom is 0.573 e. The molecule has 0 bridgehead atoms. The van der Waals surface area contributed by atoms with E-state index in [2.05, 4.69) is 9.89 Å². The first-order valence-electron chi connectivity index (χ1n) is 8.77. The highest BCUT2D eigenvalue weighted by Gasteiger charge is 2.45. The molecule has 0 aliphatic carbocycles. The molecular formula is C20H17F3N2O3. The largest absolute Gasteiger partial charge is 0.573 e. The third-order valence-electron chi connectivity index (χ3n) is 4.96. The van der Waals surface area contributed by atoms with Crippen LogP contribution in [0.2, 0.25) is 0 Å². The van der Waals surface area contributed by atoms with Gasteiger partial charge in [-0.2, -0.15) is 0 Å². The summed E-state index contributed by atoms with van der Waals surface area (Å²) in [5.41, 5.74) is 2.62. The Morgan fingerprint density at radius 1 is 1.14 bits per heavy atom. The number of carbonyl (C=O) groups is 1. The first-order chi connectivity index (χ1) is 13.3. The lowest BCUT2D eigenvalue weighted by molar-refractivity contribution is -0.274. The van der Waals surface area contributed by atoms with Gasteiger partial charge in [0, 0.05) is 12.1 Å². The maximum absolute atomic E-state index is 12.9. The highest BCUT2D eigenvalue weighted by Crippen LogP contribution is 2.33. The smallest absolute Gasteiger partial charge is 0.405 e. The van der Waals surface area contributed by atoms with Crippen molar-refractivity contribution in [1.29, 1.82) is 0 Å². The van der Waals surface area contributed by atoms with Crippen LogP contribution in [-0.2, 0) is 4.84 Å². The number of hydrogen-bond donors (Lipinski definition) is 0. The first kappa shape index (κ1) is 18.3. The lowest BCUT2D eigenvalue weighted by atomic mass is 9.92. The van der Waals surface area contributed by atoms with E-state index >= 15 is 0 Å². The lowest BCUT2D eigenvalue weighted by Crippen LogP contribution is -2.31. The van der Waals surface area contributed by atoms with E-state index in [4.69, 9.17) is 4.84 Å². The van der Waals surface area contributed by atoms with Crippen LogP contribution < -0.4 is 4.74 Å². The highest BCUT2D eigenvalue weighted by atomic mass is 19.4. The molecule has 0 N–H and O–H groups in total. The number of nitrogens with zero attached hydrogens (tertiary/aromatic N) is 2. The second-order valence-corrected chi connectivity index (χ2v) is 6.80. The fraction of sp³-hybridized carbons (Fsp3) is 0.300. The molecule has 4 rings (SSSR count). The number of likely N-dealkylation sites (tertiary alicyclic amines) is 1. The van der Waals surface area contributed by atoms with Crippen LogP contribution in [0, 0.1) is 12.8 Å². The van der Waals surface area contributed by atoms with Gasteiger partial charge in [0.15, 0.2) is 6.10 Å². The summed E-state index contributed by atoms with van der Waals surface area (Å²) in [6.07, 6.45) is -5.18. The van der Waals surface area contributed by atoms with Gasteiger partial charge in [-0.3, -0.25) is 4.79 Å². The molecule has 0 spiro atoms. The number of fused-ring (bicyclic) bond motifs is 1. The molecule has 2 aliphatic rings. The molecule has 2 aromatic carbocycles. The molecule has 28 heavy (non-hydrogen) atoms. The quantitative estimate of drug-likeness (QED) is 0.802.